The van der Waals surface area contributed by atoms with Crippen molar-refractivity contribution in [3.8, 4) is 0 Å². The van der Waals surface area contributed by atoms with Crippen molar-refractivity contribution in [2.24, 2.45) is 11.8 Å². The van der Waals surface area contributed by atoms with E-state index in [1.54, 1.807) is 0 Å². The minimum atomic E-state index is -0.0451. The van der Waals surface area contributed by atoms with E-state index in [2.05, 4.69) is 37.9 Å². The molecule has 1 amide bonds. The number of anilines is 1. The Kier molecular flexibility index (Phi) is 5.86. The molecule has 3 N–H and O–H groups in total. The van der Waals surface area contributed by atoms with Crippen LogP contribution in [0.2, 0.25) is 0 Å². The minimum Gasteiger partial charge on any atom is -0.396 e. The van der Waals surface area contributed by atoms with Crippen molar-refractivity contribution in [2.75, 3.05) is 18.8 Å². The summed E-state index contributed by atoms with van der Waals surface area (Å²) in [5, 5.41) is 6.51. The first kappa shape index (κ1) is 15.5. The second kappa shape index (κ2) is 7.16. The van der Waals surface area contributed by atoms with Gasteiger partial charge in [-0.3, -0.25) is 9.89 Å². The van der Waals surface area contributed by atoms with Crippen molar-refractivity contribution < 1.29 is 4.79 Å². The second-order valence-corrected chi connectivity index (χ2v) is 5.86. The van der Waals surface area contributed by atoms with Gasteiger partial charge in [0.15, 0.2) is 0 Å². The summed E-state index contributed by atoms with van der Waals surface area (Å²) in [6.45, 7) is 10.2. The molecule has 0 aromatic carbocycles. The third kappa shape index (κ3) is 4.93. The van der Waals surface area contributed by atoms with E-state index in [4.69, 9.17) is 5.73 Å². The third-order valence-electron chi connectivity index (χ3n) is 3.12. The predicted octanol–water partition coefficient (Wildman–Crippen LogP) is 2.53. The number of nitrogens with two attached hydrogens (primary N) is 1. The molecule has 1 rings (SSSR count). The van der Waals surface area contributed by atoms with Crippen molar-refractivity contribution in [2.45, 2.75) is 40.5 Å². The van der Waals surface area contributed by atoms with Crippen molar-refractivity contribution >= 4 is 11.6 Å². The van der Waals surface area contributed by atoms with Gasteiger partial charge in [-0.2, -0.15) is 5.10 Å². The Morgan fingerprint density at radius 3 is 2.16 bits per heavy atom. The highest BCUT2D eigenvalue weighted by molar-refractivity contribution is 5.96. The van der Waals surface area contributed by atoms with E-state index in [-0.39, 0.29) is 5.91 Å². The lowest BCUT2D eigenvalue weighted by Crippen LogP contribution is -2.34. The van der Waals surface area contributed by atoms with Crippen LogP contribution in [0.1, 0.15) is 51.0 Å². The number of hydrogen-bond acceptors (Lipinski definition) is 3. The van der Waals surface area contributed by atoms with Crippen LogP contribution >= 0.6 is 0 Å². The monoisotopic (exact) mass is 266 g/mol. The molecule has 0 aliphatic rings. The van der Waals surface area contributed by atoms with Gasteiger partial charge in [-0.25, -0.2) is 0 Å². The lowest BCUT2D eigenvalue weighted by molar-refractivity contribution is 0.0736. The number of rotatable bonds is 7. The highest BCUT2D eigenvalue weighted by Gasteiger charge is 2.19. The standard InChI is InChI=1S/C14H26N4O/c1-10(2)5-7-18(8-6-11(3)4)14(19)13-12(15)9-16-17-13/h9-11H,5-8,15H2,1-4H3,(H,16,17). The van der Waals surface area contributed by atoms with Gasteiger partial charge in [0.2, 0.25) is 0 Å². The topological polar surface area (TPSA) is 75.0 Å². The average molecular weight is 266 g/mol. The molecule has 0 saturated carbocycles. The Morgan fingerprint density at radius 1 is 1.26 bits per heavy atom. The molecule has 0 spiro atoms. The Hall–Kier alpha value is -1.52. The highest BCUT2D eigenvalue weighted by atomic mass is 16.2. The summed E-state index contributed by atoms with van der Waals surface area (Å²) < 4.78 is 0. The van der Waals surface area contributed by atoms with Crippen LogP contribution in [0.25, 0.3) is 0 Å². The van der Waals surface area contributed by atoms with Crippen LogP contribution < -0.4 is 5.73 Å². The number of nitrogen functional groups attached to an aromatic ring is 1. The van der Waals surface area contributed by atoms with Crippen LogP contribution in [-0.4, -0.2) is 34.1 Å². The summed E-state index contributed by atoms with van der Waals surface area (Å²) in [5.74, 6) is 1.11. The second-order valence-electron chi connectivity index (χ2n) is 5.86. The molecule has 19 heavy (non-hydrogen) atoms. The Labute approximate surface area is 115 Å². The zero-order valence-electron chi connectivity index (χ0n) is 12.4. The summed E-state index contributed by atoms with van der Waals surface area (Å²) in [7, 11) is 0. The molecule has 0 unspecified atom stereocenters. The first-order valence-corrected chi connectivity index (χ1v) is 7.00. The van der Waals surface area contributed by atoms with Gasteiger partial charge in [-0.15, -0.1) is 0 Å². The van der Waals surface area contributed by atoms with Gasteiger partial charge in [-0.1, -0.05) is 27.7 Å². The van der Waals surface area contributed by atoms with Gasteiger partial charge >= 0.3 is 0 Å². The van der Waals surface area contributed by atoms with Gasteiger partial charge < -0.3 is 10.6 Å². The van der Waals surface area contributed by atoms with Gasteiger partial charge in [0.25, 0.3) is 5.91 Å². The van der Waals surface area contributed by atoms with Crippen LogP contribution in [-0.2, 0) is 0 Å². The fourth-order valence-electron chi connectivity index (χ4n) is 1.77. The van der Waals surface area contributed by atoms with Crippen molar-refractivity contribution in [1.82, 2.24) is 15.1 Å². The lowest BCUT2D eigenvalue weighted by atomic mass is 10.1. The fraction of sp³-hybridized carbons (Fsp3) is 0.714. The predicted molar refractivity (Wildman–Crippen MR) is 77.8 cm³/mol. The van der Waals surface area contributed by atoms with E-state index >= 15 is 0 Å². The first-order chi connectivity index (χ1) is 8.91. The summed E-state index contributed by atoms with van der Waals surface area (Å²) in [5.41, 5.74) is 6.58. The number of carbonyl (C=O) groups is 1. The largest absolute Gasteiger partial charge is 0.396 e. The fourth-order valence-corrected chi connectivity index (χ4v) is 1.77. The summed E-state index contributed by atoms with van der Waals surface area (Å²) in [6, 6.07) is 0. The molecule has 1 aromatic heterocycles. The number of aromatic nitrogens is 2. The van der Waals surface area contributed by atoms with E-state index < -0.39 is 0 Å². The van der Waals surface area contributed by atoms with Crippen LogP contribution in [0.4, 0.5) is 5.69 Å². The summed E-state index contributed by atoms with van der Waals surface area (Å²) in [4.78, 5) is 14.3. The number of nitrogens with one attached hydrogen (secondary N) is 1. The van der Waals surface area contributed by atoms with E-state index in [0.29, 0.717) is 23.2 Å². The zero-order valence-corrected chi connectivity index (χ0v) is 12.4. The maximum Gasteiger partial charge on any atom is 0.274 e. The quantitative estimate of drug-likeness (QED) is 0.796. The van der Waals surface area contributed by atoms with Crippen molar-refractivity contribution in [3.05, 3.63) is 11.9 Å². The lowest BCUT2D eigenvalue weighted by Gasteiger charge is -2.24. The molecule has 5 nitrogen and oxygen atoms in total. The SMILES string of the molecule is CC(C)CCN(CCC(C)C)C(=O)c1[nH]ncc1N. The maximum absolute atomic E-state index is 12.4. The van der Waals surface area contributed by atoms with Crippen LogP contribution in [0.5, 0.6) is 0 Å². The number of carbonyl (C=O) groups excluding carboxylic acids is 1. The van der Waals surface area contributed by atoms with E-state index in [9.17, 15) is 4.79 Å². The Balaban J connectivity index is 2.71. The average Bonchev–Trinajstić information content (AvgIpc) is 2.74. The Bertz CT molecular complexity index is 386. The third-order valence-corrected chi connectivity index (χ3v) is 3.12. The molecule has 108 valence electrons. The molecule has 0 saturated heterocycles. The summed E-state index contributed by atoms with van der Waals surface area (Å²) in [6.07, 6.45) is 3.48. The molecule has 0 aliphatic carbocycles. The van der Waals surface area contributed by atoms with E-state index in [0.717, 1.165) is 25.9 Å². The number of hydrogen-bond donors (Lipinski definition) is 2. The maximum atomic E-state index is 12.4. The number of H-pyrrole nitrogens is 1. The Morgan fingerprint density at radius 2 is 1.79 bits per heavy atom. The van der Waals surface area contributed by atoms with Crippen molar-refractivity contribution in [1.29, 1.82) is 0 Å². The van der Waals surface area contributed by atoms with Gasteiger partial charge in [0.05, 0.1) is 11.9 Å². The molecule has 1 aromatic rings. The number of nitrogens with zero attached hydrogens (tertiary/aromatic N) is 2. The van der Waals surface area contributed by atoms with E-state index in [1.807, 2.05) is 4.90 Å². The van der Waals surface area contributed by atoms with Gasteiger partial charge in [0.1, 0.15) is 5.69 Å². The highest BCUT2D eigenvalue weighted by Crippen LogP contribution is 2.13. The van der Waals surface area contributed by atoms with Crippen LogP contribution in [0.3, 0.4) is 0 Å². The molecular formula is C14H26N4O. The molecule has 1 heterocycles. The van der Waals surface area contributed by atoms with Crippen LogP contribution in [0, 0.1) is 11.8 Å². The molecule has 0 bridgehead atoms. The van der Waals surface area contributed by atoms with Crippen LogP contribution in [0.15, 0.2) is 6.20 Å². The molecule has 0 fully saturated rings. The number of amides is 1. The number of aromatic amines is 1. The van der Waals surface area contributed by atoms with Crippen molar-refractivity contribution in [3.63, 3.8) is 0 Å². The minimum absolute atomic E-state index is 0.0451. The molecule has 0 radical (unpaired) electrons. The van der Waals surface area contributed by atoms with Gasteiger partial charge in [0, 0.05) is 13.1 Å². The first-order valence-electron chi connectivity index (χ1n) is 7.00. The van der Waals surface area contributed by atoms with Gasteiger partial charge in [-0.05, 0) is 24.7 Å². The normalized spacial score (nSPS) is 11.3. The van der Waals surface area contributed by atoms with E-state index in [1.165, 1.54) is 6.20 Å². The molecule has 0 aliphatic heterocycles. The zero-order chi connectivity index (χ0) is 14.4. The molecule has 5 heteroatoms. The summed E-state index contributed by atoms with van der Waals surface area (Å²) >= 11 is 0. The molecular weight excluding hydrogens is 240 g/mol. The smallest absolute Gasteiger partial charge is 0.274 e. The molecule has 0 atom stereocenters.